The molecule has 1 rings (SSSR count). The molecular formula is C15H22O4. The number of carboxylic acid groups (broad SMARTS) is 1. The van der Waals surface area contributed by atoms with Crippen molar-refractivity contribution < 1.29 is 19.7 Å². The molecular weight excluding hydrogens is 244 g/mol. The van der Waals surface area contributed by atoms with E-state index in [-0.39, 0.29) is 6.42 Å². The third-order valence-corrected chi connectivity index (χ3v) is 3.35. The van der Waals surface area contributed by atoms with E-state index in [1.165, 1.54) is 0 Å². The molecule has 4 heteroatoms. The van der Waals surface area contributed by atoms with Crippen molar-refractivity contribution in [1.29, 1.82) is 0 Å². The lowest BCUT2D eigenvalue weighted by Gasteiger charge is -2.28. The highest BCUT2D eigenvalue weighted by atomic mass is 16.5. The Kier molecular flexibility index (Phi) is 4.95. The van der Waals surface area contributed by atoms with Crippen LogP contribution in [-0.2, 0) is 10.4 Å². The third kappa shape index (κ3) is 3.47. The summed E-state index contributed by atoms with van der Waals surface area (Å²) < 4.78 is 5.50. The minimum absolute atomic E-state index is 0.294. The molecule has 4 nitrogen and oxygen atoms in total. The van der Waals surface area contributed by atoms with Crippen LogP contribution in [0.2, 0.25) is 0 Å². The van der Waals surface area contributed by atoms with Crippen LogP contribution in [0.15, 0.2) is 12.1 Å². The Morgan fingerprint density at radius 2 is 1.89 bits per heavy atom. The summed E-state index contributed by atoms with van der Waals surface area (Å²) in [4.78, 5) is 10.9. The molecule has 1 aromatic carbocycles. The monoisotopic (exact) mass is 266 g/mol. The van der Waals surface area contributed by atoms with Crippen molar-refractivity contribution in [3.05, 3.63) is 28.8 Å². The predicted molar refractivity (Wildman–Crippen MR) is 73.5 cm³/mol. The van der Waals surface area contributed by atoms with E-state index in [2.05, 4.69) is 0 Å². The molecule has 2 N–H and O–H groups in total. The van der Waals surface area contributed by atoms with Crippen LogP contribution in [0.3, 0.4) is 0 Å². The van der Waals surface area contributed by atoms with Crippen molar-refractivity contribution in [3.63, 3.8) is 0 Å². The molecule has 0 aliphatic carbocycles. The van der Waals surface area contributed by atoms with E-state index in [0.717, 1.165) is 16.9 Å². The lowest BCUT2D eigenvalue weighted by Crippen LogP contribution is -2.29. The fraction of sp³-hybridized carbons (Fsp3) is 0.533. The molecule has 1 aromatic rings. The highest BCUT2D eigenvalue weighted by Gasteiger charge is 2.32. The summed E-state index contributed by atoms with van der Waals surface area (Å²) >= 11 is 0. The molecule has 0 bridgehead atoms. The fourth-order valence-corrected chi connectivity index (χ4v) is 2.26. The minimum Gasteiger partial charge on any atom is -0.494 e. The predicted octanol–water partition coefficient (Wildman–Crippen LogP) is 2.77. The molecule has 0 saturated carbocycles. The first-order valence-corrected chi connectivity index (χ1v) is 6.52. The summed E-state index contributed by atoms with van der Waals surface area (Å²) in [6, 6.07) is 3.68. The second-order valence-corrected chi connectivity index (χ2v) is 4.82. The average Bonchev–Trinajstić information content (AvgIpc) is 2.32. The molecule has 19 heavy (non-hydrogen) atoms. The van der Waals surface area contributed by atoms with Gasteiger partial charge in [0, 0.05) is 0 Å². The molecule has 0 aromatic heterocycles. The number of aryl methyl sites for hydroxylation is 2. The summed E-state index contributed by atoms with van der Waals surface area (Å²) in [6.07, 6.45) is 0.0608. The van der Waals surface area contributed by atoms with Gasteiger partial charge in [-0.1, -0.05) is 6.92 Å². The van der Waals surface area contributed by atoms with Crippen LogP contribution in [0.1, 0.15) is 43.4 Å². The summed E-state index contributed by atoms with van der Waals surface area (Å²) in [6.45, 7) is 8.03. The number of carboxylic acids is 1. The highest BCUT2D eigenvalue weighted by Crippen LogP contribution is 2.34. The maximum Gasteiger partial charge on any atom is 0.306 e. The van der Waals surface area contributed by atoms with Crippen molar-refractivity contribution >= 4 is 5.97 Å². The zero-order valence-electron chi connectivity index (χ0n) is 12.0. The SMILES string of the molecule is CCOc1cc(C)c(C(O)(CC)CC(=O)O)cc1C. The molecule has 0 radical (unpaired) electrons. The molecule has 0 aliphatic heterocycles. The van der Waals surface area contributed by atoms with Crippen LogP contribution in [0.4, 0.5) is 0 Å². The Morgan fingerprint density at radius 1 is 1.26 bits per heavy atom. The number of rotatable bonds is 6. The zero-order valence-corrected chi connectivity index (χ0v) is 12.0. The highest BCUT2D eigenvalue weighted by molar-refractivity contribution is 5.69. The smallest absolute Gasteiger partial charge is 0.306 e. The van der Waals surface area contributed by atoms with Gasteiger partial charge in [-0.3, -0.25) is 4.79 Å². The van der Waals surface area contributed by atoms with Crippen molar-refractivity contribution in [3.8, 4) is 5.75 Å². The van der Waals surface area contributed by atoms with Gasteiger partial charge in [0.15, 0.2) is 0 Å². The lowest BCUT2D eigenvalue weighted by molar-refractivity contribution is -0.143. The summed E-state index contributed by atoms with van der Waals surface area (Å²) in [5.74, 6) is -0.229. The summed E-state index contributed by atoms with van der Waals surface area (Å²) in [7, 11) is 0. The molecule has 0 aliphatic rings. The number of hydrogen-bond acceptors (Lipinski definition) is 3. The van der Waals surface area contributed by atoms with E-state index < -0.39 is 11.6 Å². The number of ether oxygens (including phenoxy) is 1. The van der Waals surface area contributed by atoms with E-state index >= 15 is 0 Å². The average molecular weight is 266 g/mol. The maximum atomic E-state index is 10.9. The minimum atomic E-state index is -1.33. The zero-order chi connectivity index (χ0) is 14.6. The second kappa shape index (κ2) is 6.06. The van der Waals surface area contributed by atoms with Gasteiger partial charge in [-0.05, 0) is 56.0 Å². The number of hydrogen-bond donors (Lipinski definition) is 2. The van der Waals surface area contributed by atoms with Gasteiger partial charge in [0.05, 0.1) is 13.0 Å². The molecule has 0 spiro atoms. The Bertz CT molecular complexity index is 467. The van der Waals surface area contributed by atoms with E-state index in [0.29, 0.717) is 18.6 Å². The van der Waals surface area contributed by atoms with Crippen molar-refractivity contribution in [2.24, 2.45) is 0 Å². The Morgan fingerprint density at radius 3 is 2.37 bits per heavy atom. The number of carbonyl (C=O) groups is 1. The third-order valence-electron chi connectivity index (χ3n) is 3.35. The quantitative estimate of drug-likeness (QED) is 0.831. The molecule has 0 amide bonds. The van der Waals surface area contributed by atoms with Crippen molar-refractivity contribution in [1.82, 2.24) is 0 Å². The van der Waals surface area contributed by atoms with E-state index in [9.17, 15) is 9.90 Å². The fourth-order valence-electron chi connectivity index (χ4n) is 2.26. The summed E-state index contributed by atoms with van der Waals surface area (Å²) in [5.41, 5.74) is 1.09. The summed E-state index contributed by atoms with van der Waals surface area (Å²) in [5, 5.41) is 19.5. The van der Waals surface area contributed by atoms with Crippen LogP contribution < -0.4 is 4.74 Å². The van der Waals surface area contributed by atoms with Gasteiger partial charge in [-0.2, -0.15) is 0 Å². The largest absolute Gasteiger partial charge is 0.494 e. The van der Waals surface area contributed by atoms with Crippen LogP contribution in [-0.4, -0.2) is 22.8 Å². The van der Waals surface area contributed by atoms with Gasteiger partial charge in [0.1, 0.15) is 11.4 Å². The molecule has 0 saturated heterocycles. The molecule has 0 heterocycles. The Balaban J connectivity index is 3.25. The van der Waals surface area contributed by atoms with E-state index in [1.54, 1.807) is 6.92 Å². The normalized spacial score (nSPS) is 13.9. The number of aliphatic carboxylic acids is 1. The number of aliphatic hydroxyl groups is 1. The molecule has 106 valence electrons. The van der Waals surface area contributed by atoms with Gasteiger partial charge in [0.25, 0.3) is 0 Å². The first kappa shape index (κ1) is 15.5. The van der Waals surface area contributed by atoms with Gasteiger partial charge >= 0.3 is 5.97 Å². The molecule has 0 fully saturated rings. The molecule has 1 atom stereocenters. The van der Waals surface area contributed by atoms with Crippen molar-refractivity contribution in [2.75, 3.05) is 6.61 Å². The van der Waals surface area contributed by atoms with Gasteiger partial charge in [-0.15, -0.1) is 0 Å². The van der Waals surface area contributed by atoms with Crippen molar-refractivity contribution in [2.45, 2.75) is 46.1 Å². The van der Waals surface area contributed by atoms with Gasteiger partial charge in [0.2, 0.25) is 0 Å². The second-order valence-electron chi connectivity index (χ2n) is 4.82. The van der Waals surface area contributed by atoms with E-state index in [4.69, 9.17) is 9.84 Å². The van der Waals surface area contributed by atoms with Crippen LogP contribution >= 0.6 is 0 Å². The maximum absolute atomic E-state index is 10.9. The number of benzene rings is 1. The van der Waals surface area contributed by atoms with Gasteiger partial charge in [-0.25, -0.2) is 0 Å². The van der Waals surface area contributed by atoms with Gasteiger partial charge < -0.3 is 14.9 Å². The Hall–Kier alpha value is -1.55. The van der Waals surface area contributed by atoms with Crippen LogP contribution in [0, 0.1) is 13.8 Å². The standard InChI is InChI=1S/C15H22O4/c1-5-15(18,9-14(16)17)12-7-11(4)13(19-6-2)8-10(12)3/h7-8,18H,5-6,9H2,1-4H3,(H,16,17). The first-order chi connectivity index (χ1) is 8.84. The Labute approximate surface area is 114 Å². The first-order valence-electron chi connectivity index (χ1n) is 6.52. The topological polar surface area (TPSA) is 66.8 Å². The van der Waals surface area contributed by atoms with Crippen LogP contribution in [0.25, 0.3) is 0 Å². The van der Waals surface area contributed by atoms with Crippen LogP contribution in [0.5, 0.6) is 5.75 Å². The lowest BCUT2D eigenvalue weighted by atomic mass is 9.84. The van der Waals surface area contributed by atoms with E-state index in [1.807, 2.05) is 32.9 Å². The molecule has 1 unspecified atom stereocenters.